The Labute approximate surface area is 158 Å². The highest BCUT2D eigenvalue weighted by Crippen LogP contribution is 2.31. The SMILES string of the molecule is Cn1nc(CN(C(=O)CCC2CCCCC2)C2CCCC2)c2c1CCC2. The van der Waals surface area contributed by atoms with Crippen LogP contribution in [0.2, 0.25) is 0 Å². The van der Waals surface area contributed by atoms with Crippen molar-refractivity contribution >= 4 is 5.91 Å². The molecular weight excluding hydrogens is 322 g/mol. The van der Waals surface area contributed by atoms with Crippen molar-refractivity contribution < 1.29 is 4.79 Å². The quantitative estimate of drug-likeness (QED) is 0.749. The van der Waals surface area contributed by atoms with E-state index in [1.807, 2.05) is 0 Å². The largest absolute Gasteiger partial charge is 0.334 e. The molecule has 0 N–H and O–H groups in total. The van der Waals surface area contributed by atoms with Crippen molar-refractivity contribution in [3.8, 4) is 0 Å². The number of carbonyl (C=O) groups is 1. The van der Waals surface area contributed by atoms with Gasteiger partial charge in [-0.15, -0.1) is 0 Å². The van der Waals surface area contributed by atoms with Crippen LogP contribution in [-0.2, 0) is 31.2 Å². The smallest absolute Gasteiger partial charge is 0.223 e. The Kier molecular flexibility index (Phi) is 5.66. The minimum Gasteiger partial charge on any atom is -0.334 e. The minimum absolute atomic E-state index is 0.389. The monoisotopic (exact) mass is 357 g/mol. The highest BCUT2D eigenvalue weighted by Gasteiger charge is 2.30. The van der Waals surface area contributed by atoms with E-state index in [1.54, 1.807) is 0 Å². The first-order chi connectivity index (χ1) is 12.7. The highest BCUT2D eigenvalue weighted by molar-refractivity contribution is 5.76. The standard InChI is InChI=1S/C22H35N3O/c1-24-21-13-7-12-19(21)20(23-24)16-25(18-10-5-6-11-18)22(26)15-14-17-8-3-2-4-9-17/h17-18H,2-16H2,1H3. The molecule has 0 bridgehead atoms. The Morgan fingerprint density at radius 2 is 1.77 bits per heavy atom. The Hall–Kier alpha value is -1.32. The molecule has 1 aromatic rings. The first kappa shape index (κ1) is 18.1. The summed E-state index contributed by atoms with van der Waals surface area (Å²) in [4.78, 5) is 15.4. The van der Waals surface area contributed by atoms with Crippen molar-refractivity contribution in [1.29, 1.82) is 0 Å². The normalized spacial score (nSPS) is 21.3. The van der Waals surface area contributed by atoms with Gasteiger partial charge in [-0.05, 0) is 50.0 Å². The van der Waals surface area contributed by atoms with Crippen LogP contribution in [0.15, 0.2) is 0 Å². The maximum absolute atomic E-state index is 13.2. The van der Waals surface area contributed by atoms with E-state index in [-0.39, 0.29) is 0 Å². The van der Waals surface area contributed by atoms with Gasteiger partial charge in [0.15, 0.2) is 0 Å². The third-order valence-corrected chi connectivity index (χ3v) is 7.10. The van der Waals surface area contributed by atoms with Crippen LogP contribution in [0.5, 0.6) is 0 Å². The molecule has 0 atom stereocenters. The Morgan fingerprint density at radius 3 is 2.54 bits per heavy atom. The fourth-order valence-corrected chi connectivity index (χ4v) is 5.57. The maximum atomic E-state index is 13.2. The lowest BCUT2D eigenvalue weighted by molar-refractivity contribution is -0.134. The lowest BCUT2D eigenvalue weighted by Crippen LogP contribution is -2.38. The van der Waals surface area contributed by atoms with Gasteiger partial charge in [-0.1, -0.05) is 44.9 Å². The van der Waals surface area contributed by atoms with Gasteiger partial charge in [-0.3, -0.25) is 9.48 Å². The molecule has 2 fully saturated rings. The molecule has 1 heterocycles. The van der Waals surface area contributed by atoms with Crippen molar-refractivity contribution in [2.24, 2.45) is 13.0 Å². The van der Waals surface area contributed by atoms with Crippen molar-refractivity contribution in [1.82, 2.24) is 14.7 Å². The van der Waals surface area contributed by atoms with Gasteiger partial charge in [0.25, 0.3) is 0 Å². The topological polar surface area (TPSA) is 38.1 Å². The molecule has 3 aliphatic rings. The van der Waals surface area contributed by atoms with Gasteiger partial charge in [-0.25, -0.2) is 0 Å². The molecule has 0 radical (unpaired) electrons. The number of fused-ring (bicyclic) bond motifs is 1. The maximum Gasteiger partial charge on any atom is 0.223 e. The molecule has 0 spiro atoms. The molecule has 1 amide bonds. The second kappa shape index (κ2) is 8.14. The number of nitrogens with zero attached hydrogens (tertiary/aromatic N) is 3. The van der Waals surface area contributed by atoms with Crippen molar-refractivity contribution in [3.05, 3.63) is 17.0 Å². The van der Waals surface area contributed by atoms with Gasteiger partial charge in [0, 0.05) is 25.2 Å². The number of hydrogen-bond donors (Lipinski definition) is 0. The van der Waals surface area contributed by atoms with Gasteiger partial charge in [0.2, 0.25) is 5.91 Å². The van der Waals surface area contributed by atoms with E-state index in [2.05, 4.69) is 16.6 Å². The van der Waals surface area contributed by atoms with Crippen molar-refractivity contribution in [3.63, 3.8) is 0 Å². The van der Waals surface area contributed by atoms with Crippen LogP contribution in [0.4, 0.5) is 0 Å². The molecule has 0 unspecified atom stereocenters. The van der Waals surface area contributed by atoms with Gasteiger partial charge < -0.3 is 4.90 Å². The zero-order chi connectivity index (χ0) is 17.9. The van der Waals surface area contributed by atoms with Gasteiger partial charge >= 0.3 is 0 Å². The van der Waals surface area contributed by atoms with Gasteiger partial charge in [0.1, 0.15) is 0 Å². The molecule has 2 saturated carbocycles. The predicted molar refractivity (Wildman–Crippen MR) is 104 cm³/mol. The van der Waals surface area contributed by atoms with Crippen molar-refractivity contribution in [2.75, 3.05) is 0 Å². The fraction of sp³-hybridized carbons (Fsp3) is 0.818. The summed E-state index contributed by atoms with van der Waals surface area (Å²) in [7, 11) is 2.07. The Morgan fingerprint density at radius 1 is 1.04 bits per heavy atom. The van der Waals surface area contributed by atoms with E-state index in [9.17, 15) is 4.79 Å². The van der Waals surface area contributed by atoms with E-state index >= 15 is 0 Å². The fourth-order valence-electron chi connectivity index (χ4n) is 5.57. The number of aryl methyl sites for hydroxylation is 1. The Bertz CT molecular complexity index is 624. The summed E-state index contributed by atoms with van der Waals surface area (Å²) in [5.41, 5.74) is 4.02. The molecule has 3 aliphatic carbocycles. The third-order valence-electron chi connectivity index (χ3n) is 7.10. The molecule has 4 heteroatoms. The highest BCUT2D eigenvalue weighted by atomic mass is 16.2. The van der Waals surface area contributed by atoms with E-state index in [0.29, 0.717) is 11.9 Å². The summed E-state index contributed by atoms with van der Waals surface area (Å²) < 4.78 is 2.07. The Balaban J connectivity index is 1.44. The van der Waals surface area contributed by atoms with Crippen LogP contribution < -0.4 is 0 Å². The van der Waals surface area contributed by atoms with Crippen LogP contribution in [0.1, 0.15) is 94.0 Å². The summed E-state index contributed by atoms with van der Waals surface area (Å²) in [6.07, 6.45) is 17.1. The molecule has 0 aliphatic heterocycles. The zero-order valence-corrected chi connectivity index (χ0v) is 16.5. The number of carbonyl (C=O) groups excluding carboxylic acids is 1. The average molecular weight is 358 g/mol. The van der Waals surface area contributed by atoms with E-state index < -0.39 is 0 Å². The molecule has 4 nitrogen and oxygen atoms in total. The van der Waals surface area contributed by atoms with E-state index in [0.717, 1.165) is 38.1 Å². The van der Waals surface area contributed by atoms with Crippen LogP contribution in [-0.4, -0.2) is 26.6 Å². The second-order valence-electron chi connectivity index (χ2n) is 8.85. The molecule has 0 aromatic carbocycles. The average Bonchev–Trinajstić information content (AvgIpc) is 3.39. The summed E-state index contributed by atoms with van der Waals surface area (Å²) in [5, 5.41) is 4.80. The van der Waals surface area contributed by atoms with Gasteiger partial charge in [0.05, 0.1) is 12.2 Å². The molecular formula is C22H35N3O. The number of rotatable bonds is 6. The summed E-state index contributed by atoms with van der Waals surface area (Å²) in [6, 6.07) is 0.452. The number of aromatic nitrogens is 2. The molecule has 26 heavy (non-hydrogen) atoms. The summed E-state index contributed by atoms with van der Waals surface area (Å²) in [5.74, 6) is 1.18. The number of amides is 1. The molecule has 0 saturated heterocycles. The lowest BCUT2D eigenvalue weighted by atomic mass is 9.86. The molecule has 1 aromatic heterocycles. The molecule has 4 rings (SSSR count). The predicted octanol–water partition coefficient (Wildman–Crippen LogP) is 4.54. The van der Waals surface area contributed by atoms with E-state index in [4.69, 9.17) is 5.10 Å². The van der Waals surface area contributed by atoms with Crippen LogP contribution in [0.25, 0.3) is 0 Å². The van der Waals surface area contributed by atoms with Crippen molar-refractivity contribution in [2.45, 2.75) is 102 Å². The van der Waals surface area contributed by atoms with Gasteiger partial charge in [-0.2, -0.15) is 5.10 Å². The van der Waals surface area contributed by atoms with Crippen LogP contribution >= 0.6 is 0 Å². The lowest BCUT2D eigenvalue weighted by Gasteiger charge is -2.30. The molecule has 144 valence electrons. The number of hydrogen-bond acceptors (Lipinski definition) is 2. The second-order valence-corrected chi connectivity index (χ2v) is 8.85. The summed E-state index contributed by atoms with van der Waals surface area (Å²) >= 11 is 0. The summed E-state index contributed by atoms with van der Waals surface area (Å²) in [6.45, 7) is 0.747. The van der Waals surface area contributed by atoms with Crippen LogP contribution in [0, 0.1) is 5.92 Å². The van der Waals surface area contributed by atoms with Crippen LogP contribution in [0.3, 0.4) is 0 Å². The first-order valence-electron chi connectivity index (χ1n) is 11.1. The van der Waals surface area contributed by atoms with E-state index in [1.165, 1.54) is 81.2 Å². The first-order valence-corrected chi connectivity index (χ1v) is 11.1. The minimum atomic E-state index is 0.389. The zero-order valence-electron chi connectivity index (χ0n) is 16.5. The third kappa shape index (κ3) is 3.84.